The molecule has 3 aromatic rings. The third kappa shape index (κ3) is 7.22. The monoisotopic (exact) mass is 506 g/mol. The summed E-state index contributed by atoms with van der Waals surface area (Å²) in [6.07, 6.45) is 0.360. The van der Waals surface area contributed by atoms with E-state index in [1.807, 2.05) is 62.4 Å². The number of rotatable bonds is 7. The van der Waals surface area contributed by atoms with E-state index in [-0.39, 0.29) is 24.8 Å². The molecule has 196 valence electrons. The molecule has 0 spiro atoms. The Morgan fingerprint density at radius 3 is 2.30 bits per heavy atom. The molecule has 1 heterocycles. The summed E-state index contributed by atoms with van der Waals surface area (Å²) in [6.45, 7) is 11.1. The van der Waals surface area contributed by atoms with Gasteiger partial charge < -0.3 is 14.2 Å². The molecular weight excluding hydrogens is 472 g/mol. The Bertz CT molecular complexity index is 1300. The van der Waals surface area contributed by atoms with Crippen molar-refractivity contribution in [2.45, 2.75) is 53.8 Å². The van der Waals surface area contributed by atoms with Gasteiger partial charge in [-0.15, -0.1) is 0 Å². The van der Waals surface area contributed by atoms with E-state index in [0.29, 0.717) is 16.7 Å². The van der Waals surface area contributed by atoms with Crippen molar-refractivity contribution in [3.63, 3.8) is 0 Å². The van der Waals surface area contributed by atoms with Crippen LogP contribution in [0, 0.1) is 5.92 Å². The van der Waals surface area contributed by atoms with Gasteiger partial charge in [0.2, 0.25) is 0 Å². The molecule has 0 bridgehead atoms. The van der Waals surface area contributed by atoms with E-state index < -0.39 is 23.8 Å². The third-order valence-electron chi connectivity index (χ3n) is 5.36. The number of hydrogen-bond acceptors (Lipinski definition) is 6. The van der Waals surface area contributed by atoms with Gasteiger partial charge in [0.15, 0.2) is 0 Å². The van der Waals surface area contributed by atoms with Gasteiger partial charge in [-0.3, -0.25) is 9.88 Å². The molecule has 0 unspecified atom stereocenters. The highest BCUT2D eigenvalue weighted by atomic mass is 16.6. The average Bonchev–Trinajstić information content (AvgIpc) is 3.25. The van der Waals surface area contributed by atoms with Crippen LogP contribution in [0.3, 0.4) is 0 Å². The zero-order valence-electron chi connectivity index (χ0n) is 22.2. The number of hydrogen-bond donors (Lipinski definition) is 1. The number of carbonyl (C=O) groups is 3. The smallest absolute Gasteiger partial charge is 0.418 e. The molecule has 0 atom stereocenters. The molecule has 1 amide bonds. The fourth-order valence-electron chi connectivity index (χ4n) is 3.83. The number of aromatic nitrogens is 1. The minimum atomic E-state index is -0.775. The molecule has 8 heteroatoms. The van der Waals surface area contributed by atoms with Gasteiger partial charge in [0.1, 0.15) is 17.9 Å². The minimum absolute atomic E-state index is 0.00960. The lowest BCUT2D eigenvalue weighted by molar-refractivity contribution is -0.138. The number of esters is 1. The second-order valence-electron chi connectivity index (χ2n) is 9.79. The summed E-state index contributed by atoms with van der Waals surface area (Å²) in [4.78, 5) is 38.5. The fraction of sp³-hybridized carbons (Fsp3) is 0.345. The second-order valence-corrected chi connectivity index (χ2v) is 9.79. The largest absolute Gasteiger partial charge is 0.461 e. The van der Waals surface area contributed by atoms with E-state index >= 15 is 0 Å². The van der Waals surface area contributed by atoms with Gasteiger partial charge >= 0.3 is 18.2 Å². The number of carbonyl (C=O) groups excluding carboxylic acids is 3. The highest BCUT2D eigenvalue weighted by Gasteiger charge is 2.25. The summed E-state index contributed by atoms with van der Waals surface area (Å²) in [5.74, 6) is -0.860. The number of allylic oxidation sites excluding steroid dienone is 1. The van der Waals surface area contributed by atoms with E-state index in [9.17, 15) is 14.4 Å². The van der Waals surface area contributed by atoms with Gasteiger partial charge in [0.05, 0.1) is 12.1 Å². The fourth-order valence-corrected chi connectivity index (χ4v) is 3.83. The molecule has 0 aliphatic heterocycles. The van der Waals surface area contributed by atoms with Crippen LogP contribution in [-0.2, 0) is 25.6 Å². The maximum absolute atomic E-state index is 13.0. The molecule has 0 saturated carbocycles. The van der Waals surface area contributed by atoms with Crippen LogP contribution in [0.1, 0.15) is 52.7 Å². The Hall–Kier alpha value is -4.07. The van der Waals surface area contributed by atoms with Gasteiger partial charge in [0.25, 0.3) is 0 Å². The Morgan fingerprint density at radius 2 is 1.68 bits per heavy atom. The van der Waals surface area contributed by atoms with Crippen molar-refractivity contribution in [3.05, 3.63) is 77.6 Å². The molecule has 1 N–H and O–H groups in total. The summed E-state index contributed by atoms with van der Waals surface area (Å²) in [5, 5.41) is 3.43. The molecule has 0 saturated heterocycles. The normalized spacial score (nSPS) is 12.2. The van der Waals surface area contributed by atoms with Crippen LogP contribution in [0.15, 0.2) is 66.5 Å². The van der Waals surface area contributed by atoms with Gasteiger partial charge in [-0.05, 0) is 62.4 Å². The van der Waals surface area contributed by atoms with Crippen LogP contribution in [0.25, 0.3) is 16.5 Å². The SMILES string of the molecule is CCOC(=O)/C(NC(=O)OCc1ccccc1)=C(\c1ccc2ccn(C(=O)OC(C)(C)C)c2c1)C(C)C. The van der Waals surface area contributed by atoms with Crippen molar-refractivity contribution < 1.29 is 28.6 Å². The number of alkyl carbamates (subject to hydrolysis) is 1. The van der Waals surface area contributed by atoms with E-state index in [1.54, 1.807) is 40.0 Å². The first-order valence-electron chi connectivity index (χ1n) is 12.2. The van der Waals surface area contributed by atoms with Gasteiger partial charge in [-0.2, -0.15) is 0 Å². The van der Waals surface area contributed by atoms with Crippen molar-refractivity contribution in [1.29, 1.82) is 0 Å². The summed E-state index contributed by atoms with van der Waals surface area (Å²) < 4.78 is 17.6. The first-order valence-corrected chi connectivity index (χ1v) is 12.2. The number of ether oxygens (including phenoxy) is 3. The Balaban J connectivity index is 2.01. The first kappa shape index (κ1) is 27.5. The van der Waals surface area contributed by atoms with E-state index in [4.69, 9.17) is 14.2 Å². The van der Waals surface area contributed by atoms with Crippen LogP contribution in [0.5, 0.6) is 0 Å². The summed E-state index contributed by atoms with van der Waals surface area (Å²) >= 11 is 0. The molecule has 0 radical (unpaired) electrons. The maximum atomic E-state index is 13.0. The Morgan fingerprint density at radius 1 is 0.973 bits per heavy atom. The Kier molecular flexibility index (Phi) is 8.76. The lowest BCUT2D eigenvalue weighted by atomic mass is 9.92. The summed E-state index contributed by atoms with van der Waals surface area (Å²) in [5.41, 5.74) is 1.96. The highest BCUT2D eigenvalue weighted by molar-refractivity contribution is 6.02. The molecule has 37 heavy (non-hydrogen) atoms. The predicted molar refractivity (Wildman–Crippen MR) is 142 cm³/mol. The molecule has 0 fully saturated rings. The number of nitrogens with zero attached hydrogens (tertiary/aromatic N) is 1. The van der Waals surface area contributed by atoms with Crippen molar-refractivity contribution in [2.75, 3.05) is 6.61 Å². The van der Waals surface area contributed by atoms with Crippen LogP contribution in [0.2, 0.25) is 0 Å². The van der Waals surface area contributed by atoms with Crippen molar-refractivity contribution in [1.82, 2.24) is 9.88 Å². The van der Waals surface area contributed by atoms with Gasteiger partial charge in [-0.25, -0.2) is 14.4 Å². The lowest BCUT2D eigenvalue weighted by Crippen LogP contribution is -2.31. The number of fused-ring (bicyclic) bond motifs is 1. The first-order chi connectivity index (χ1) is 17.5. The Labute approximate surface area is 217 Å². The van der Waals surface area contributed by atoms with Crippen LogP contribution >= 0.6 is 0 Å². The molecule has 8 nitrogen and oxygen atoms in total. The molecule has 0 aliphatic rings. The number of benzene rings is 2. The number of amides is 1. The van der Waals surface area contributed by atoms with Crippen LogP contribution in [0.4, 0.5) is 9.59 Å². The van der Waals surface area contributed by atoms with Crippen molar-refractivity contribution in [2.24, 2.45) is 5.92 Å². The summed E-state index contributed by atoms with van der Waals surface area (Å²) in [6, 6.07) is 16.5. The minimum Gasteiger partial charge on any atom is -0.461 e. The standard InChI is InChI=1S/C29H34N2O6/c1-7-35-26(32)25(30-27(33)36-18-20-11-9-8-10-12-20)24(19(2)3)22-14-13-21-15-16-31(23(21)17-22)28(34)37-29(4,5)6/h8-17,19H,7,18H2,1-6H3,(H,30,33)/b25-24+. The van der Waals surface area contributed by atoms with E-state index in [0.717, 1.165) is 10.9 Å². The molecule has 3 rings (SSSR count). The quantitative estimate of drug-likeness (QED) is 0.230. The highest BCUT2D eigenvalue weighted by Crippen LogP contribution is 2.30. The number of nitrogens with one attached hydrogen (secondary N) is 1. The molecular formula is C29H34N2O6. The third-order valence-corrected chi connectivity index (χ3v) is 5.36. The van der Waals surface area contributed by atoms with Gasteiger partial charge in [0, 0.05) is 11.6 Å². The summed E-state index contributed by atoms with van der Waals surface area (Å²) in [7, 11) is 0. The second kappa shape index (κ2) is 11.8. The van der Waals surface area contributed by atoms with E-state index in [1.165, 1.54) is 4.57 Å². The topological polar surface area (TPSA) is 95.9 Å². The zero-order valence-corrected chi connectivity index (χ0v) is 22.2. The lowest BCUT2D eigenvalue weighted by Gasteiger charge is -2.20. The average molecular weight is 507 g/mol. The van der Waals surface area contributed by atoms with Crippen LogP contribution in [-0.4, -0.2) is 34.9 Å². The van der Waals surface area contributed by atoms with E-state index in [2.05, 4.69) is 5.32 Å². The maximum Gasteiger partial charge on any atom is 0.418 e. The predicted octanol–water partition coefficient (Wildman–Crippen LogP) is 6.28. The molecule has 1 aromatic heterocycles. The van der Waals surface area contributed by atoms with Gasteiger partial charge in [-0.1, -0.05) is 56.3 Å². The van der Waals surface area contributed by atoms with Crippen molar-refractivity contribution >= 4 is 34.6 Å². The zero-order chi connectivity index (χ0) is 27.2. The molecule has 0 aliphatic carbocycles. The van der Waals surface area contributed by atoms with Crippen molar-refractivity contribution in [3.8, 4) is 0 Å². The van der Waals surface area contributed by atoms with Crippen LogP contribution < -0.4 is 5.32 Å². The molecule has 2 aromatic carbocycles.